The molecule has 5 heteroatoms. The van der Waals surface area contributed by atoms with Crippen LogP contribution in [0.5, 0.6) is 0 Å². The van der Waals surface area contributed by atoms with Crippen molar-refractivity contribution in [1.29, 1.82) is 0 Å². The first kappa shape index (κ1) is 18.9. The predicted octanol–water partition coefficient (Wildman–Crippen LogP) is 3.22. The van der Waals surface area contributed by atoms with Crippen LogP contribution in [0.3, 0.4) is 0 Å². The lowest BCUT2D eigenvalue weighted by atomic mass is 10.0. The van der Waals surface area contributed by atoms with Gasteiger partial charge < -0.3 is 10.6 Å². The maximum absolute atomic E-state index is 12.9. The quantitative estimate of drug-likeness (QED) is 0.812. The van der Waals surface area contributed by atoms with Crippen LogP contribution in [-0.4, -0.2) is 34.1 Å². The molecule has 25 heavy (non-hydrogen) atoms. The zero-order chi connectivity index (χ0) is 18.4. The van der Waals surface area contributed by atoms with Crippen LogP contribution in [-0.2, 0) is 4.79 Å². The first-order valence-corrected chi connectivity index (χ1v) is 8.67. The average molecular weight is 340 g/mol. The molecule has 1 atom stereocenters. The molecule has 0 fully saturated rings. The van der Waals surface area contributed by atoms with Gasteiger partial charge in [0.25, 0.3) is 0 Å². The molecule has 2 rings (SSSR count). The van der Waals surface area contributed by atoms with Crippen molar-refractivity contribution in [2.24, 2.45) is 11.7 Å². The lowest BCUT2D eigenvalue weighted by Crippen LogP contribution is -2.41. The number of nitrogens with one attached hydrogen (secondary N) is 1. The molecule has 3 N–H and O–H groups in total. The largest absolute Gasteiger partial charge is 0.337 e. The molecule has 1 aromatic heterocycles. The van der Waals surface area contributed by atoms with E-state index in [1.54, 1.807) is 0 Å². The van der Waals surface area contributed by atoms with Crippen LogP contribution in [0.25, 0.3) is 6.08 Å². The van der Waals surface area contributed by atoms with Gasteiger partial charge in [-0.25, -0.2) is 0 Å². The van der Waals surface area contributed by atoms with Gasteiger partial charge in [0.1, 0.15) is 6.04 Å². The Kier molecular flexibility index (Phi) is 6.53. The molecular weight excluding hydrogens is 312 g/mol. The van der Waals surface area contributed by atoms with E-state index in [1.165, 1.54) is 0 Å². The number of amides is 1. The highest BCUT2D eigenvalue weighted by atomic mass is 16.2. The monoisotopic (exact) mass is 340 g/mol. The molecule has 1 heterocycles. The second kappa shape index (κ2) is 8.62. The van der Waals surface area contributed by atoms with Gasteiger partial charge in [-0.05, 0) is 25.3 Å². The Morgan fingerprint density at radius 3 is 2.52 bits per heavy atom. The summed E-state index contributed by atoms with van der Waals surface area (Å²) in [6.07, 6.45) is 4.04. The molecule has 0 aliphatic carbocycles. The van der Waals surface area contributed by atoms with Gasteiger partial charge >= 0.3 is 0 Å². The molecule has 0 radical (unpaired) electrons. The van der Waals surface area contributed by atoms with Gasteiger partial charge in [0.2, 0.25) is 5.91 Å². The molecule has 1 amide bonds. The number of carbonyl (C=O) groups is 1. The maximum atomic E-state index is 12.9. The molecule has 0 bridgehead atoms. The van der Waals surface area contributed by atoms with E-state index in [2.05, 4.69) is 24.0 Å². The number of H-pyrrole nitrogens is 1. The Morgan fingerprint density at radius 1 is 1.28 bits per heavy atom. The summed E-state index contributed by atoms with van der Waals surface area (Å²) in [6.45, 7) is 9.16. The number of hydrogen-bond donors (Lipinski definition) is 2. The third-order valence-electron chi connectivity index (χ3n) is 4.10. The fourth-order valence-electron chi connectivity index (χ4n) is 2.91. The normalized spacial score (nSPS) is 12.7. The summed E-state index contributed by atoms with van der Waals surface area (Å²) in [4.78, 5) is 14.8. The Labute approximate surface area is 149 Å². The van der Waals surface area contributed by atoms with Gasteiger partial charge in [-0.1, -0.05) is 56.3 Å². The summed E-state index contributed by atoms with van der Waals surface area (Å²) in [5, 5.41) is 7.05. The van der Waals surface area contributed by atoms with Crippen molar-refractivity contribution in [3.05, 3.63) is 58.9 Å². The Morgan fingerprint density at radius 2 is 1.96 bits per heavy atom. The molecule has 0 spiro atoms. The van der Waals surface area contributed by atoms with Gasteiger partial charge in [-0.2, -0.15) is 5.10 Å². The topological polar surface area (TPSA) is 75.0 Å². The Hall–Kier alpha value is -2.40. The second-order valence-electron chi connectivity index (χ2n) is 6.78. The molecule has 5 nitrogen and oxygen atoms in total. The molecule has 1 unspecified atom stereocenters. The number of aryl methyl sites for hydroxylation is 2. The van der Waals surface area contributed by atoms with Crippen LogP contribution < -0.4 is 5.73 Å². The van der Waals surface area contributed by atoms with Crippen LogP contribution in [0.4, 0.5) is 0 Å². The summed E-state index contributed by atoms with van der Waals surface area (Å²) in [7, 11) is 0. The van der Waals surface area contributed by atoms with E-state index in [0.717, 1.165) is 22.5 Å². The lowest BCUT2D eigenvalue weighted by molar-refractivity contribution is -0.132. The fourth-order valence-corrected chi connectivity index (χ4v) is 2.91. The van der Waals surface area contributed by atoms with Crippen LogP contribution in [0.15, 0.2) is 36.4 Å². The van der Waals surface area contributed by atoms with E-state index in [0.29, 0.717) is 19.0 Å². The Bertz CT molecular complexity index is 699. The molecule has 0 saturated heterocycles. The number of carbonyl (C=O) groups excluding carboxylic acids is 1. The van der Waals surface area contributed by atoms with Gasteiger partial charge in [-0.3, -0.25) is 9.89 Å². The number of rotatable bonds is 7. The maximum Gasteiger partial charge on any atom is 0.244 e. The van der Waals surface area contributed by atoms with E-state index in [-0.39, 0.29) is 5.91 Å². The SMILES string of the molecule is Cc1n[nH]c(C)c1C(N)C(=O)N(C/C=C/c1ccccc1)CC(C)C. The molecule has 0 saturated carbocycles. The number of hydrogen-bond acceptors (Lipinski definition) is 3. The minimum atomic E-state index is -0.692. The molecule has 0 aliphatic rings. The van der Waals surface area contributed by atoms with Crippen molar-refractivity contribution in [3.8, 4) is 0 Å². The van der Waals surface area contributed by atoms with Gasteiger partial charge in [0.05, 0.1) is 5.69 Å². The van der Waals surface area contributed by atoms with Crippen molar-refractivity contribution in [3.63, 3.8) is 0 Å². The third kappa shape index (κ3) is 5.03. The smallest absolute Gasteiger partial charge is 0.244 e. The number of nitrogens with two attached hydrogens (primary N) is 1. The van der Waals surface area contributed by atoms with Crippen LogP contribution in [0, 0.1) is 19.8 Å². The zero-order valence-electron chi connectivity index (χ0n) is 15.5. The summed E-state index contributed by atoms with van der Waals surface area (Å²) < 4.78 is 0. The highest BCUT2D eigenvalue weighted by Crippen LogP contribution is 2.20. The van der Waals surface area contributed by atoms with Gasteiger partial charge in [0.15, 0.2) is 0 Å². The van der Waals surface area contributed by atoms with Crippen LogP contribution >= 0.6 is 0 Å². The van der Waals surface area contributed by atoms with Crippen molar-refractivity contribution in [2.45, 2.75) is 33.7 Å². The first-order chi connectivity index (χ1) is 11.9. The van der Waals surface area contributed by atoms with Gasteiger partial charge in [0, 0.05) is 24.3 Å². The summed E-state index contributed by atoms with van der Waals surface area (Å²) in [6, 6.07) is 9.36. The van der Waals surface area contributed by atoms with E-state index >= 15 is 0 Å². The number of aromatic nitrogens is 2. The summed E-state index contributed by atoms with van der Waals surface area (Å²) >= 11 is 0. The van der Waals surface area contributed by atoms with Gasteiger partial charge in [-0.15, -0.1) is 0 Å². The van der Waals surface area contributed by atoms with Crippen molar-refractivity contribution < 1.29 is 4.79 Å². The lowest BCUT2D eigenvalue weighted by Gasteiger charge is -2.26. The van der Waals surface area contributed by atoms with E-state index in [4.69, 9.17) is 5.73 Å². The summed E-state index contributed by atoms with van der Waals surface area (Å²) in [5.41, 5.74) is 9.81. The van der Waals surface area contributed by atoms with Crippen molar-refractivity contribution >= 4 is 12.0 Å². The molecule has 2 aromatic rings. The minimum Gasteiger partial charge on any atom is -0.337 e. The summed E-state index contributed by atoms with van der Waals surface area (Å²) in [5.74, 6) is 0.298. The highest BCUT2D eigenvalue weighted by molar-refractivity contribution is 5.84. The molecular formula is C20H28N4O. The zero-order valence-corrected chi connectivity index (χ0v) is 15.5. The number of benzene rings is 1. The standard InChI is InChI=1S/C20H28N4O/c1-14(2)13-24(12-8-11-17-9-6-5-7-10-17)20(25)19(21)18-15(3)22-23-16(18)4/h5-11,14,19H,12-13,21H2,1-4H3,(H,22,23)/b11-8+. The van der Waals surface area contributed by atoms with Crippen molar-refractivity contribution in [1.82, 2.24) is 15.1 Å². The Balaban J connectivity index is 2.13. The van der Waals surface area contributed by atoms with Crippen LogP contribution in [0.2, 0.25) is 0 Å². The molecule has 134 valence electrons. The fraction of sp³-hybridized carbons (Fsp3) is 0.400. The first-order valence-electron chi connectivity index (χ1n) is 8.67. The average Bonchev–Trinajstić information content (AvgIpc) is 2.92. The predicted molar refractivity (Wildman–Crippen MR) is 102 cm³/mol. The van der Waals surface area contributed by atoms with Crippen LogP contribution in [0.1, 0.15) is 42.4 Å². The second-order valence-corrected chi connectivity index (χ2v) is 6.78. The van der Waals surface area contributed by atoms with E-state index in [1.807, 2.05) is 61.2 Å². The molecule has 0 aliphatic heterocycles. The number of aromatic amines is 1. The van der Waals surface area contributed by atoms with Crippen molar-refractivity contribution in [2.75, 3.05) is 13.1 Å². The molecule has 1 aromatic carbocycles. The highest BCUT2D eigenvalue weighted by Gasteiger charge is 2.26. The third-order valence-corrected chi connectivity index (χ3v) is 4.10. The number of nitrogens with zero attached hydrogens (tertiary/aromatic N) is 2. The van der Waals surface area contributed by atoms with E-state index in [9.17, 15) is 4.79 Å². The van der Waals surface area contributed by atoms with E-state index < -0.39 is 6.04 Å². The minimum absolute atomic E-state index is 0.0704.